The average Bonchev–Trinajstić information content (AvgIpc) is 3.06. The maximum atomic E-state index is 13.0. The average molecular weight is 463 g/mol. The van der Waals surface area contributed by atoms with Crippen LogP contribution >= 0.6 is 0 Å². The Morgan fingerprint density at radius 2 is 1.71 bits per heavy atom. The van der Waals surface area contributed by atoms with Crippen LogP contribution < -0.4 is 10.2 Å². The van der Waals surface area contributed by atoms with Gasteiger partial charge in [-0.05, 0) is 30.2 Å². The number of rotatable bonds is 8. The van der Waals surface area contributed by atoms with Gasteiger partial charge in [0, 0.05) is 25.1 Å². The van der Waals surface area contributed by atoms with E-state index in [1.165, 1.54) is 0 Å². The quantitative estimate of drug-likeness (QED) is 0.471. The van der Waals surface area contributed by atoms with Gasteiger partial charge in [-0.2, -0.15) is 0 Å². The Labute approximate surface area is 196 Å². The molecule has 9 heteroatoms. The molecule has 0 aliphatic carbocycles. The van der Waals surface area contributed by atoms with Crippen molar-refractivity contribution in [3.63, 3.8) is 0 Å². The highest BCUT2D eigenvalue weighted by molar-refractivity contribution is 6.23. The third-order valence-electron chi connectivity index (χ3n) is 6.37. The number of carbonyl (C=O) groups is 4. The Bertz CT molecular complexity index is 1130. The van der Waals surface area contributed by atoms with E-state index in [2.05, 4.69) is 5.32 Å². The Kier molecular flexibility index (Phi) is 6.12. The summed E-state index contributed by atoms with van der Waals surface area (Å²) in [5, 5.41) is 2.21. The Morgan fingerprint density at radius 1 is 0.912 bits per heavy atom. The Balaban J connectivity index is 1.19. The molecule has 4 amide bonds. The van der Waals surface area contributed by atoms with Gasteiger partial charge in [0.05, 0.1) is 30.9 Å². The third-order valence-corrected chi connectivity index (χ3v) is 6.37. The predicted molar refractivity (Wildman–Crippen MR) is 121 cm³/mol. The third kappa shape index (κ3) is 4.20. The number of nitrogens with zero attached hydrogens (tertiary/aromatic N) is 2. The van der Waals surface area contributed by atoms with Crippen molar-refractivity contribution < 1.29 is 28.7 Å². The maximum absolute atomic E-state index is 13.0. The number of benzene rings is 2. The molecule has 2 aromatic rings. The molecule has 0 bridgehead atoms. The molecule has 2 aromatic carbocycles. The molecule has 0 saturated carbocycles. The van der Waals surface area contributed by atoms with Crippen LogP contribution in [0.4, 0.5) is 5.69 Å². The molecule has 2 saturated heterocycles. The van der Waals surface area contributed by atoms with Gasteiger partial charge >= 0.3 is 0 Å². The van der Waals surface area contributed by atoms with E-state index in [0.717, 1.165) is 29.1 Å². The first-order valence-electron chi connectivity index (χ1n) is 11.4. The normalized spacial score (nSPS) is 22.0. The second-order valence-corrected chi connectivity index (χ2v) is 8.52. The van der Waals surface area contributed by atoms with Crippen molar-refractivity contribution in [1.82, 2.24) is 10.2 Å². The highest BCUT2D eigenvalue weighted by Crippen LogP contribution is 2.33. The number of imide groups is 2. The number of fused-ring (bicyclic) bond motifs is 1. The van der Waals surface area contributed by atoms with E-state index in [-0.39, 0.29) is 30.2 Å². The fraction of sp³-hybridized carbons (Fsp3) is 0.360. The van der Waals surface area contributed by atoms with Gasteiger partial charge in [-0.1, -0.05) is 30.3 Å². The van der Waals surface area contributed by atoms with E-state index < -0.39 is 29.7 Å². The second-order valence-electron chi connectivity index (χ2n) is 8.52. The second kappa shape index (κ2) is 9.36. The molecule has 2 fully saturated rings. The monoisotopic (exact) mass is 463 g/mol. The van der Waals surface area contributed by atoms with Gasteiger partial charge in [-0.3, -0.25) is 29.4 Å². The summed E-state index contributed by atoms with van der Waals surface area (Å²) in [7, 11) is 0. The number of piperidine rings is 1. The number of hydrogen-bond acceptors (Lipinski definition) is 7. The number of hydrogen-bond donors (Lipinski definition) is 1. The van der Waals surface area contributed by atoms with Gasteiger partial charge in [0.25, 0.3) is 11.8 Å². The summed E-state index contributed by atoms with van der Waals surface area (Å²) in [6.07, 6.45) is 0.955. The van der Waals surface area contributed by atoms with Crippen LogP contribution in [0.25, 0.3) is 0 Å². The lowest BCUT2D eigenvalue weighted by Gasteiger charge is -2.42. The van der Waals surface area contributed by atoms with E-state index >= 15 is 0 Å². The standard InChI is InChI=1S/C25H25N3O6/c29-21-9-8-20(23(30)26-21)28-24(31)18-7-6-17(14-19(18)25(28)32)27-11-10-22(27)34-13-12-33-15-16-4-2-1-3-5-16/h1-7,14,20,22H,8-13,15H2,(H,26,29,30). The first kappa shape index (κ1) is 22.2. The molecule has 5 rings (SSSR count). The van der Waals surface area contributed by atoms with Crippen molar-refractivity contribution in [2.45, 2.75) is 38.1 Å². The zero-order valence-corrected chi connectivity index (χ0v) is 18.6. The Hall–Kier alpha value is -3.56. The highest BCUT2D eigenvalue weighted by Gasteiger charge is 2.45. The summed E-state index contributed by atoms with van der Waals surface area (Å²) in [4.78, 5) is 52.6. The molecule has 1 N–H and O–H groups in total. The van der Waals surface area contributed by atoms with Crippen molar-refractivity contribution in [2.24, 2.45) is 0 Å². The van der Waals surface area contributed by atoms with Crippen LogP contribution in [0.2, 0.25) is 0 Å². The minimum absolute atomic E-state index is 0.0942. The van der Waals surface area contributed by atoms with E-state index in [9.17, 15) is 19.2 Å². The minimum Gasteiger partial charge on any atom is -0.374 e. The molecule has 2 unspecified atom stereocenters. The fourth-order valence-electron chi connectivity index (χ4n) is 4.48. The first-order chi connectivity index (χ1) is 16.5. The van der Waals surface area contributed by atoms with Gasteiger partial charge < -0.3 is 14.4 Å². The van der Waals surface area contributed by atoms with Crippen molar-refractivity contribution in [3.8, 4) is 0 Å². The summed E-state index contributed by atoms with van der Waals surface area (Å²) < 4.78 is 11.6. The SMILES string of the molecule is O=C1CCC(N2C(=O)c3ccc(N4CCC4OCCOCc4ccccc4)cc3C2=O)C(=O)N1. The lowest BCUT2D eigenvalue weighted by Crippen LogP contribution is -2.54. The highest BCUT2D eigenvalue weighted by atomic mass is 16.5. The van der Waals surface area contributed by atoms with E-state index in [4.69, 9.17) is 9.47 Å². The van der Waals surface area contributed by atoms with Gasteiger partial charge in [0.15, 0.2) is 0 Å². The van der Waals surface area contributed by atoms with E-state index in [1.807, 2.05) is 35.2 Å². The molecule has 3 aliphatic rings. The molecule has 2 atom stereocenters. The number of carbonyl (C=O) groups excluding carboxylic acids is 4. The molecule has 0 aromatic heterocycles. The van der Waals surface area contributed by atoms with Gasteiger partial charge in [-0.15, -0.1) is 0 Å². The summed E-state index contributed by atoms with van der Waals surface area (Å²) in [6, 6.07) is 14.1. The molecule has 3 aliphatic heterocycles. The number of nitrogens with one attached hydrogen (secondary N) is 1. The van der Waals surface area contributed by atoms with Gasteiger partial charge in [-0.25, -0.2) is 0 Å². The largest absolute Gasteiger partial charge is 0.374 e. The van der Waals surface area contributed by atoms with Crippen LogP contribution in [0.5, 0.6) is 0 Å². The molecule has 0 spiro atoms. The van der Waals surface area contributed by atoms with E-state index in [0.29, 0.717) is 19.8 Å². The van der Waals surface area contributed by atoms with Crippen LogP contribution in [-0.2, 0) is 25.7 Å². The van der Waals surface area contributed by atoms with Crippen molar-refractivity contribution in [1.29, 1.82) is 0 Å². The summed E-state index contributed by atoms with van der Waals surface area (Å²) in [5.74, 6) is -2.03. The maximum Gasteiger partial charge on any atom is 0.262 e. The van der Waals surface area contributed by atoms with Crippen LogP contribution in [0, 0.1) is 0 Å². The molecule has 34 heavy (non-hydrogen) atoms. The number of amides is 4. The molecule has 9 nitrogen and oxygen atoms in total. The molecular formula is C25H25N3O6. The molecule has 0 radical (unpaired) electrons. The summed E-state index contributed by atoms with van der Waals surface area (Å²) >= 11 is 0. The van der Waals surface area contributed by atoms with Gasteiger partial charge in [0.2, 0.25) is 11.8 Å². The lowest BCUT2D eigenvalue weighted by atomic mass is 10.0. The van der Waals surface area contributed by atoms with Crippen LogP contribution in [0.15, 0.2) is 48.5 Å². The molecule has 3 heterocycles. The lowest BCUT2D eigenvalue weighted by molar-refractivity contribution is -0.136. The van der Waals surface area contributed by atoms with Crippen LogP contribution in [-0.4, -0.2) is 60.6 Å². The summed E-state index contributed by atoms with van der Waals surface area (Å²) in [6.45, 7) is 2.22. The zero-order chi connectivity index (χ0) is 23.7. The first-order valence-corrected chi connectivity index (χ1v) is 11.4. The zero-order valence-electron chi connectivity index (χ0n) is 18.6. The number of anilines is 1. The van der Waals surface area contributed by atoms with Crippen molar-refractivity contribution >= 4 is 29.3 Å². The summed E-state index contributed by atoms with van der Waals surface area (Å²) in [5.41, 5.74) is 2.43. The fourth-order valence-corrected chi connectivity index (χ4v) is 4.48. The van der Waals surface area contributed by atoms with Crippen molar-refractivity contribution in [3.05, 3.63) is 65.2 Å². The molecular weight excluding hydrogens is 438 g/mol. The van der Waals surface area contributed by atoms with Crippen LogP contribution in [0.1, 0.15) is 45.5 Å². The van der Waals surface area contributed by atoms with Crippen molar-refractivity contribution in [2.75, 3.05) is 24.7 Å². The Morgan fingerprint density at radius 3 is 2.44 bits per heavy atom. The smallest absolute Gasteiger partial charge is 0.262 e. The van der Waals surface area contributed by atoms with Gasteiger partial charge in [0.1, 0.15) is 12.3 Å². The predicted octanol–water partition coefficient (Wildman–Crippen LogP) is 1.86. The topological polar surface area (TPSA) is 105 Å². The minimum atomic E-state index is -0.968. The molecule has 176 valence electrons. The van der Waals surface area contributed by atoms with E-state index in [1.54, 1.807) is 18.2 Å². The van der Waals surface area contributed by atoms with Crippen LogP contribution in [0.3, 0.4) is 0 Å². The number of ether oxygens (including phenoxy) is 2.